The molecule has 0 saturated carbocycles. The molecule has 836 valence electrons. The molecule has 2 saturated heterocycles. The highest BCUT2D eigenvalue weighted by Gasteiger charge is 2.65. The van der Waals surface area contributed by atoms with Crippen LogP contribution in [0, 0.1) is 0 Å². The first kappa shape index (κ1) is 134. The van der Waals surface area contributed by atoms with E-state index in [1.807, 2.05) is 0 Å². The zero-order chi connectivity index (χ0) is 103. The van der Waals surface area contributed by atoms with Gasteiger partial charge in [0.25, 0.3) is 0 Å². The Balaban J connectivity index is 3.00. The molecule has 2 aliphatic rings. The van der Waals surface area contributed by atoms with Crippen molar-refractivity contribution < 1.29 is 86.0 Å². The maximum Gasteiger partial charge on any atom is 0.306 e. The Bertz CT molecular complexity index is 2800. The van der Waals surface area contributed by atoms with E-state index in [2.05, 4.69) is 48.5 Å². The fourth-order valence-corrected chi connectivity index (χ4v) is 20.8. The van der Waals surface area contributed by atoms with Crippen LogP contribution in [0.15, 0.2) is 0 Å². The number of rotatable bonds is 110. The van der Waals surface area contributed by atoms with E-state index in [-0.39, 0.29) is 44.9 Å². The first-order chi connectivity index (χ1) is 69.8. The van der Waals surface area contributed by atoms with Crippen molar-refractivity contribution in [3.63, 3.8) is 0 Å². The monoisotopic (exact) mass is 2010 g/mol. The van der Waals surface area contributed by atoms with E-state index in [9.17, 15) is 19.5 Å². The molecule has 0 unspecified atom stereocenters. The summed E-state index contributed by atoms with van der Waals surface area (Å²) in [4.78, 5) is 105. The Morgan fingerprint density at radius 1 is 0.204 bits per heavy atom. The Morgan fingerprint density at radius 3 is 0.613 bits per heavy atom. The van der Waals surface area contributed by atoms with Crippen molar-refractivity contribution >= 4 is 41.8 Å². The summed E-state index contributed by atoms with van der Waals surface area (Å²) in [6.45, 7) is 13.6. The number of ether oxygens (including phenoxy) is 10. The van der Waals surface area contributed by atoms with Crippen LogP contribution < -0.4 is 0 Å². The Morgan fingerprint density at radius 2 is 0.387 bits per heavy atom. The fourth-order valence-electron chi connectivity index (χ4n) is 20.8. The summed E-state index contributed by atoms with van der Waals surface area (Å²) < 4.78 is 67.9. The molecule has 18 nitrogen and oxygen atoms in total. The molecule has 2 fully saturated rings. The zero-order valence-electron chi connectivity index (χ0n) is 94.4. The quantitative estimate of drug-likeness (QED) is 0.0339. The van der Waals surface area contributed by atoms with Crippen molar-refractivity contribution in [3.8, 4) is 0 Å². The molecule has 0 bridgehead atoms. The predicted octanol–water partition coefficient (Wildman–Crippen LogP) is 36.8. The molecule has 18 heteroatoms. The minimum Gasteiger partial charge on any atom is -0.463 e. The van der Waals surface area contributed by atoms with Gasteiger partial charge < -0.3 is 52.5 Å². The molecule has 9 atom stereocenters. The molecule has 0 aromatic carbocycles. The third-order valence-electron chi connectivity index (χ3n) is 30.1. The summed E-state index contributed by atoms with van der Waals surface area (Å²) in [7, 11) is 0. The van der Waals surface area contributed by atoms with E-state index < -0.39 is 116 Å². The number of esters is 7. The van der Waals surface area contributed by atoms with E-state index in [0.717, 1.165) is 193 Å². The third kappa shape index (κ3) is 78.3. The van der Waals surface area contributed by atoms with Gasteiger partial charge in [-0.2, -0.15) is 0 Å². The van der Waals surface area contributed by atoms with Gasteiger partial charge in [0, 0.05) is 44.9 Å². The highest BCUT2D eigenvalue weighted by Crippen LogP contribution is 2.43. The zero-order valence-corrected chi connectivity index (χ0v) is 94.4. The first-order valence-electron chi connectivity index (χ1n) is 62.7. The van der Waals surface area contributed by atoms with Crippen LogP contribution in [-0.2, 0) is 80.9 Å². The van der Waals surface area contributed by atoms with Gasteiger partial charge in [0.05, 0.1) is 6.61 Å². The van der Waals surface area contributed by atoms with Crippen molar-refractivity contribution in [2.45, 2.75) is 733 Å². The van der Waals surface area contributed by atoms with Gasteiger partial charge in [0.15, 0.2) is 30.5 Å². The predicted molar refractivity (Wildman–Crippen MR) is 588 cm³/mol. The van der Waals surface area contributed by atoms with Crippen molar-refractivity contribution in [2.75, 3.05) is 19.8 Å². The molecule has 0 radical (unpaired) electrons. The van der Waals surface area contributed by atoms with E-state index in [1.54, 1.807) is 0 Å². The molecule has 2 aliphatic heterocycles. The van der Waals surface area contributed by atoms with Crippen LogP contribution in [0.1, 0.15) is 678 Å². The summed E-state index contributed by atoms with van der Waals surface area (Å²) in [5.74, 6) is -6.86. The van der Waals surface area contributed by atoms with Crippen LogP contribution in [0.2, 0.25) is 0 Å². The number of unbranched alkanes of at least 4 members (excludes halogenated alkanes) is 84. The summed E-state index contributed by atoms with van der Waals surface area (Å²) in [6.07, 6.45) is 87.9. The van der Waals surface area contributed by atoms with Crippen LogP contribution in [0.5, 0.6) is 0 Å². The highest BCUT2D eigenvalue weighted by atomic mass is 16.8. The lowest BCUT2D eigenvalue weighted by Crippen LogP contribution is -2.65. The number of carbonyl (C=O) groups excluding carboxylic acids is 7. The van der Waals surface area contributed by atoms with Gasteiger partial charge in [-0.25, -0.2) is 0 Å². The van der Waals surface area contributed by atoms with E-state index in [4.69, 9.17) is 47.4 Å². The number of carbonyl (C=O) groups is 7. The van der Waals surface area contributed by atoms with Crippen molar-refractivity contribution in [1.82, 2.24) is 0 Å². The second kappa shape index (κ2) is 102. The van der Waals surface area contributed by atoms with Gasteiger partial charge >= 0.3 is 41.8 Å². The van der Waals surface area contributed by atoms with Crippen LogP contribution >= 0.6 is 0 Å². The lowest BCUT2D eigenvalue weighted by atomic mass is 9.97. The lowest BCUT2D eigenvalue weighted by Gasteiger charge is -2.46. The minimum atomic E-state index is -2.53. The summed E-state index contributed by atoms with van der Waals surface area (Å²) in [5, 5.41) is 11.9. The van der Waals surface area contributed by atoms with E-state index >= 15 is 19.2 Å². The second-order valence-corrected chi connectivity index (χ2v) is 43.8. The Labute approximate surface area is 875 Å². The third-order valence-corrected chi connectivity index (χ3v) is 30.1. The fraction of sp³-hybridized carbons (Fsp3) is 0.944. The summed E-state index contributed by atoms with van der Waals surface area (Å²) in [6, 6.07) is 0. The molecule has 0 aliphatic carbocycles. The highest BCUT2D eigenvalue weighted by molar-refractivity contribution is 5.73. The van der Waals surface area contributed by atoms with Gasteiger partial charge in [-0.15, -0.1) is 0 Å². The van der Waals surface area contributed by atoms with Gasteiger partial charge in [-0.3, -0.25) is 33.6 Å². The molecule has 0 spiro atoms. The lowest BCUT2D eigenvalue weighted by molar-refractivity contribution is -0.384. The molecule has 142 heavy (non-hydrogen) atoms. The van der Waals surface area contributed by atoms with Gasteiger partial charge in [0.1, 0.15) is 25.4 Å². The molecular formula is C124H232O18. The Hall–Kier alpha value is -3.87. The molecular weight excluding hydrogens is 1780 g/mol. The molecule has 1 N–H and O–H groups in total. The van der Waals surface area contributed by atoms with E-state index in [1.165, 1.54) is 347 Å². The van der Waals surface area contributed by atoms with Gasteiger partial charge in [-0.1, -0.05) is 588 Å². The van der Waals surface area contributed by atoms with Crippen LogP contribution in [-0.4, -0.2) is 122 Å². The number of hydrogen-bond donors (Lipinski definition) is 1. The molecule has 0 amide bonds. The molecule has 2 rings (SSSR count). The average molecular weight is 2010 g/mol. The number of aliphatic hydroxyl groups is 1. The second-order valence-electron chi connectivity index (χ2n) is 43.8. The molecule has 0 aromatic rings. The summed E-state index contributed by atoms with van der Waals surface area (Å²) >= 11 is 0. The topological polar surface area (TPSA) is 232 Å². The van der Waals surface area contributed by atoms with Crippen molar-refractivity contribution in [2.24, 2.45) is 0 Å². The Kier molecular flexibility index (Phi) is 96.0. The largest absolute Gasteiger partial charge is 0.463 e. The van der Waals surface area contributed by atoms with Crippen LogP contribution in [0.3, 0.4) is 0 Å². The number of aliphatic hydroxyl groups excluding tert-OH is 1. The molecule has 0 aromatic heterocycles. The SMILES string of the molecule is CCCCCCCCCCCCCCCC(=O)OC[C@H]1O[C@@](COC(=O)CCCCCCCCCCCCCCC)(O[C@H]2O[C@H](CO)[C@@H](OC(=O)CCCCCCCCCCCCCCC)[C@H](OC(=O)CCCCCCCCCCCCCCC)[C@H]2OC(=O)CCCCCCCCCCCCCCC)[C@@H](OC(=O)CCCCCCCCCCCCCCC)[C@@H]1OC(=O)CCCCCCCCCCCCCCC. The molecule has 2 heterocycles. The van der Waals surface area contributed by atoms with Gasteiger partial charge in [0.2, 0.25) is 12.1 Å². The first-order valence-corrected chi connectivity index (χ1v) is 62.7. The van der Waals surface area contributed by atoms with Crippen molar-refractivity contribution in [3.05, 3.63) is 0 Å². The van der Waals surface area contributed by atoms with Crippen molar-refractivity contribution in [1.29, 1.82) is 0 Å². The standard InChI is InChI=1S/C124H232O18/c1-8-15-22-29-36-43-50-57-64-71-78-85-92-99-111(126)133-107-110-119(137-114(129)102-95-88-81-74-67-60-53-46-39-32-25-18-11-4)122(140-117(132)105-98-91-84-77-70-63-56-49-42-35-28-21-14-7)124(141-110,108-134-112(127)100-93-86-79-72-65-58-51-44-37-30-23-16-9-2)142-123-121(139-116(131)104-97-90-83-76-69-62-55-48-41-34-27-20-13-6)120(138-115(130)103-96-89-82-75-68-61-54-47-40-33-26-19-12-5)118(109(106-125)135-123)136-113(128)101-94-87-80-73-66-59-52-45-38-31-24-17-10-3/h109-110,118-123,125H,8-108H2,1-7H3/t109-,110-,118-,119-,120+,121-,122+,123-,124+/m1/s1. The maximum atomic E-state index is 15.3. The normalized spacial score (nSPS) is 17.9. The van der Waals surface area contributed by atoms with Crippen LogP contribution in [0.25, 0.3) is 0 Å². The van der Waals surface area contributed by atoms with Gasteiger partial charge in [-0.05, 0) is 44.9 Å². The minimum absolute atomic E-state index is 0.00836. The smallest absolute Gasteiger partial charge is 0.306 e. The van der Waals surface area contributed by atoms with E-state index in [0.29, 0.717) is 44.9 Å². The maximum absolute atomic E-state index is 15.3. The van der Waals surface area contributed by atoms with Crippen LogP contribution in [0.4, 0.5) is 0 Å². The number of hydrogen-bond acceptors (Lipinski definition) is 18. The average Bonchev–Trinajstić information content (AvgIpc) is 1.55. The summed E-state index contributed by atoms with van der Waals surface area (Å²) in [5.41, 5.74) is 0.